The molecule has 1 aliphatic heterocycles. The maximum Gasteiger partial charge on any atom is 0.407 e. The maximum absolute atomic E-state index is 13.5. The molecule has 1 fully saturated rings. The number of carboxylic acids is 1. The van der Waals surface area contributed by atoms with Crippen LogP contribution in [0.5, 0.6) is 0 Å². The van der Waals surface area contributed by atoms with E-state index < -0.39 is 29.6 Å². The van der Waals surface area contributed by atoms with E-state index in [1.807, 2.05) is 56.3 Å². The average Bonchev–Trinajstić information content (AvgIpc) is 3.29. The summed E-state index contributed by atoms with van der Waals surface area (Å²) in [5, 5.41) is 15.5. The second-order valence-corrected chi connectivity index (χ2v) is 11.8. The predicted molar refractivity (Wildman–Crippen MR) is 161 cm³/mol. The first kappa shape index (κ1) is 29.3. The van der Waals surface area contributed by atoms with Crippen LogP contribution < -0.4 is 10.6 Å². The van der Waals surface area contributed by atoms with Gasteiger partial charge in [-0.25, -0.2) is 4.79 Å². The van der Waals surface area contributed by atoms with Crippen LogP contribution in [0.15, 0.2) is 78.9 Å². The number of piperidine rings is 1. The smallest absolute Gasteiger partial charge is 0.407 e. The Morgan fingerprint density at radius 2 is 1.48 bits per heavy atom. The van der Waals surface area contributed by atoms with Gasteiger partial charge < -0.3 is 20.5 Å². The number of amides is 2. The van der Waals surface area contributed by atoms with Crippen molar-refractivity contribution in [3.8, 4) is 11.1 Å². The van der Waals surface area contributed by atoms with E-state index in [4.69, 9.17) is 4.74 Å². The van der Waals surface area contributed by atoms with Crippen molar-refractivity contribution in [3.63, 3.8) is 0 Å². The second kappa shape index (κ2) is 12.8. The van der Waals surface area contributed by atoms with Gasteiger partial charge in [-0.1, -0.05) is 92.7 Å². The number of nitrogens with zero attached hydrogens (tertiary/aromatic N) is 1. The van der Waals surface area contributed by atoms with Crippen LogP contribution in [0.1, 0.15) is 55.7 Å². The van der Waals surface area contributed by atoms with E-state index >= 15 is 0 Å². The molecule has 1 heterocycles. The molecule has 220 valence electrons. The summed E-state index contributed by atoms with van der Waals surface area (Å²) in [6.07, 6.45) is 0.172. The van der Waals surface area contributed by atoms with E-state index in [-0.39, 0.29) is 24.9 Å². The summed E-state index contributed by atoms with van der Waals surface area (Å²) in [6.45, 7) is 5.94. The highest BCUT2D eigenvalue weighted by atomic mass is 16.5. The zero-order valence-corrected chi connectivity index (χ0v) is 24.2. The third-order valence-corrected chi connectivity index (χ3v) is 8.51. The highest BCUT2D eigenvalue weighted by molar-refractivity contribution is 5.87. The minimum atomic E-state index is -0.961. The molecule has 2 amide bonds. The minimum Gasteiger partial charge on any atom is -0.481 e. The van der Waals surface area contributed by atoms with Gasteiger partial charge >= 0.3 is 12.1 Å². The van der Waals surface area contributed by atoms with Crippen LogP contribution in [0.3, 0.4) is 0 Å². The van der Waals surface area contributed by atoms with Gasteiger partial charge in [-0.05, 0) is 46.6 Å². The minimum absolute atomic E-state index is 0.0885. The van der Waals surface area contributed by atoms with Gasteiger partial charge in [0.25, 0.3) is 0 Å². The molecule has 1 atom stereocenters. The molecule has 0 saturated carbocycles. The lowest BCUT2D eigenvalue weighted by Gasteiger charge is -2.42. The summed E-state index contributed by atoms with van der Waals surface area (Å²) in [6, 6.07) is 25.5. The molecule has 0 aromatic heterocycles. The molecule has 3 N–H and O–H groups in total. The fourth-order valence-electron chi connectivity index (χ4n) is 6.26. The fourth-order valence-corrected chi connectivity index (χ4v) is 6.26. The first-order valence-corrected chi connectivity index (χ1v) is 14.7. The van der Waals surface area contributed by atoms with Crippen molar-refractivity contribution in [2.24, 2.45) is 5.92 Å². The predicted octanol–water partition coefficient (Wildman–Crippen LogP) is 5.18. The van der Waals surface area contributed by atoms with Crippen LogP contribution >= 0.6 is 0 Å². The molecule has 1 unspecified atom stereocenters. The number of carbonyl (C=O) groups excluding carboxylic acids is 2. The van der Waals surface area contributed by atoms with Crippen LogP contribution in [0.4, 0.5) is 4.79 Å². The summed E-state index contributed by atoms with van der Waals surface area (Å²) in [5.74, 6) is -1.67. The molecule has 0 radical (unpaired) electrons. The Morgan fingerprint density at radius 3 is 2.05 bits per heavy atom. The average molecular weight is 570 g/mol. The van der Waals surface area contributed by atoms with E-state index in [0.29, 0.717) is 25.9 Å². The van der Waals surface area contributed by atoms with Gasteiger partial charge in [0.05, 0.1) is 12.0 Å². The van der Waals surface area contributed by atoms with Crippen molar-refractivity contribution in [2.45, 2.75) is 57.2 Å². The summed E-state index contributed by atoms with van der Waals surface area (Å²) < 4.78 is 5.69. The van der Waals surface area contributed by atoms with Crippen molar-refractivity contribution in [1.29, 1.82) is 0 Å². The zero-order valence-electron chi connectivity index (χ0n) is 24.2. The number of carboxylic acid groups (broad SMARTS) is 1. The normalized spacial score (nSPS) is 16.7. The number of rotatable bonds is 10. The van der Waals surface area contributed by atoms with E-state index in [9.17, 15) is 19.5 Å². The molecule has 2 aliphatic rings. The first-order chi connectivity index (χ1) is 20.2. The van der Waals surface area contributed by atoms with Gasteiger partial charge in [0, 0.05) is 25.6 Å². The molecule has 3 aromatic carbocycles. The molecule has 3 aromatic rings. The molecular weight excluding hydrogens is 530 g/mol. The number of benzene rings is 3. The van der Waals surface area contributed by atoms with Gasteiger partial charge in [-0.3, -0.25) is 14.5 Å². The van der Waals surface area contributed by atoms with Crippen molar-refractivity contribution >= 4 is 18.0 Å². The molecule has 8 nitrogen and oxygen atoms in total. The van der Waals surface area contributed by atoms with E-state index in [0.717, 1.165) is 28.8 Å². The number of ether oxygens (including phenoxy) is 1. The van der Waals surface area contributed by atoms with Crippen LogP contribution in [0.2, 0.25) is 0 Å². The number of hydrogen-bond donors (Lipinski definition) is 3. The third-order valence-electron chi connectivity index (χ3n) is 8.51. The second-order valence-electron chi connectivity index (χ2n) is 11.8. The van der Waals surface area contributed by atoms with Gasteiger partial charge in [-0.15, -0.1) is 0 Å². The molecule has 0 spiro atoms. The van der Waals surface area contributed by atoms with Crippen LogP contribution in [0, 0.1) is 5.92 Å². The van der Waals surface area contributed by atoms with E-state index in [1.165, 1.54) is 5.56 Å². The quantitative estimate of drug-likeness (QED) is 0.311. The van der Waals surface area contributed by atoms with Crippen molar-refractivity contribution in [3.05, 3.63) is 95.6 Å². The van der Waals surface area contributed by atoms with Crippen LogP contribution in [0.25, 0.3) is 11.1 Å². The molecule has 5 rings (SSSR count). The lowest BCUT2D eigenvalue weighted by Crippen LogP contribution is -2.61. The lowest BCUT2D eigenvalue weighted by molar-refractivity contribution is -0.140. The number of carbonyl (C=O) groups is 3. The van der Waals surface area contributed by atoms with Crippen molar-refractivity contribution in [2.75, 3.05) is 19.7 Å². The van der Waals surface area contributed by atoms with Crippen molar-refractivity contribution in [1.82, 2.24) is 15.5 Å². The highest BCUT2D eigenvalue weighted by Gasteiger charge is 2.40. The Labute approximate surface area is 247 Å². The molecule has 0 bridgehead atoms. The Balaban J connectivity index is 1.21. The first-order valence-electron chi connectivity index (χ1n) is 14.7. The summed E-state index contributed by atoms with van der Waals surface area (Å²) in [7, 11) is 0. The topological polar surface area (TPSA) is 108 Å². The molecule has 1 saturated heterocycles. The molecule has 1 aliphatic carbocycles. The number of likely N-dealkylation sites (tertiary alicyclic amines) is 1. The largest absolute Gasteiger partial charge is 0.481 e. The SMILES string of the molecule is CC(C)C(NC(=O)OCC1c2ccccc2-c2ccccc21)C(=O)NC1(CC(=O)O)CCN(Cc2ccccc2)CC1. The van der Waals surface area contributed by atoms with E-state index in [1.54, 1.807) is 0 Å². The number of nitrogens with one attached hydrogen (secondary N) is 2. The maximum atomic E-state index is 13.5. The summed E-state index contributed by atoms with van der Waals surface area (Å²) in [4.78, 5) is 40.7. The Bertz CT molecular complexity index is 1370. The third kappa shape index (κ3) is 6.65. The monoisotopic (exact) mass is 569 g/mol. The Hall–Kier alpha value is -4.17. The zero-order chi connectivity index (χ0) is 29.7. The molecule has 8 heteroatoms. The summed E-state index contributed by atoms with van der Waals surface area (Å²) in [5.41, 5.74) is 4.81. The fraction of sp³-hybridized carbons (Fsp3) is 0.382. The van der Waals surface area contributed by atoms with Crippen LogP contribution in [-0.4, -0.2) is 59.3 Å². The lowest BCUT2D eigenvalue weighted by atomic mass is 9.83. The van der Waals surface area contributed by atoms with E-state index in [2.05, 4.69) is 51.9 Å². The summed E-state index contributed by atoms with van der Waals surface area (Å²) >= 11 is 0. The van der Waals surface area contributed by atoms with Gasteiger partial charge in [0.1, 0.15) is 12.6 Å². The Morgan fingerprint density at radius 1 is 0.905 bits per heavy atom. The molecule has 42 heavy (non-hydrogen) atoms. The Kier molecular flexibility index (Phi) is 8.92. The molecular formula is C34H39N3O5. The van der Waals surface area contributed by atoms with Gasteiger partial charge in [-0.2, -0.15) is 0 Å². The number of hydrogen-bond acceptors (Lipinski definition) is 5. The van der Waals surface area contributed by atoms with Gasteiger partial charge in [0.2, 0.25) is 5.91 Å². The number of aliphatic carboxylic acids is 1. The van der Waals surface area contributed by atoms with Gasteiger partial charge in [0.15, 0.2) is 0 Å². The number of alkyl carbamates (subject to hydrolysis) is 1. The standard InChI is InChI=1S/C34H39N3O5/c1-23(2)31(35-33(41)42-22-29-27-14-8-6-12-25(27)26-13-7-9-15-28(26)29)32(40)36-34(20-30(38)39)16-18-37(19-17-34)21-24-10-4-3-5-11-24/h3-15,23,29,31H,16-22H2,1-2H3,(H,35,41)(H,36,40)(H,38,39). The van der Waals surface area contributed by atoms with Crippen molar-refractivity contribution < 1.29 is 24.2 Å². The number of fused-ring (bicyclic) bond motifs is 3. The highest BCUT2D eigenvalue weighted by Crippen LogP contribution is 2.44. The van der Waals surface area contributed by atoms with Crippen LogP contribution in [-0.2, 0) is 20.9 Å².